The first-order valence-electron chi connectivity index (χ1n) is 11.0. The maximum absolute atomic E-state index is 13.0. The molecule has 2 N–H and O–H groups in total. The van der Waals surface area contributed by atoms with Crippen molar-refractivity contribution in [2.24, 2.45) is 5.92 Å². The Hall–Kier alpha value is -2.18. The van der Waals surface area contributed by atoms with Gasteiger partial charge in [0.1, 0.15) is 0 Å². The van der Waals surface area contributed by atoms with Gasteiger partial charge < -0.3 is 15.5 Å². The van der Waals surface area contributed by atoms with Crippen LogP contribution in [0.5, 0.6) is 0 Å². The van der Waals surface area contributed by atoms with Gasteiger partial charge in [0.25, 0.3) is 5.91 Å². The molecule has 0 spiro atoms. The highest BCUT2D eigenvalue weighted by Gasteiger charge is 2.34. The SMILES string of the molecule is CC(C)CN1CCC(N[C@@H]2CC[C@@H]2NC(=O)c2ccccc2-n2cccn2)CC1. The molecule has 6 heteroatoms. The highest BCUT2D eigenvalue weighted by Crippen LogP contribution is 2.24. The lowest BCUT2D eigenvalue weighted by Gasteiger charge is -2.42. The molecule has 156 valence electrons. The standard InChI is InChI=1S/C23H33N5O/c1-17(2)16-27-14-10-18(11-15-27)25-20-8-9-21(20)26-23(29)19-6-3-4-7-22(19)28-13-5-12-24-28/h3-7,12-13,17-18,20-21,25H,8-11,14-16H2,1-2H3,(H,26,29)/t20-,21+/m1/s1. The molecule has 2 fully saturated rings. The van der Waals surface area contributed by atoms with Crippen molar-refractivity contribution in [2.75, 3.05) is 19.6 Å². The zero-order chi connectivity index (χ0) is 20.2. The van der Waals surface area contributed by atoms with E-state index >= 15 is 0 Å². The average molecular weight is 396 g/mol. The van der Waals surface area contributed by atoms with Gasteiger partial charge in [-0.25, -0.2) is 4.68 Å². The predicted octanol–water partition coefficient (Wildman–Crippen LogP) is 2.84. The van der Waals surface area contributed by atoms with Crippen LogP contribution < -0.4 is 10.6 Å². The summed E-state index contributed by atoms with van der Waals surface area (Å²) in [6.45, 7) is 8.13. The van der Waals surface area contributed by atoms with E-state index in [1.807, 2.05) is 36.5 Å². The van der Waals surface area contributed by atoms with E-state index in [1.165, 1.54) is 32.5 Å². The maximum Gasteiger partial charge on any atom is 0.253 e. The normalized spacial score (nSPS) is 23.1. The van der Waals surface area contributed by atoms with E-state index < -0.39 is 0 Å². The van der Waals surface area contributed by atoms with Gasteiger partial charge in [0.2, 0.25) is 0 Å². The minimum atomic E-state index is -0.0145. The van der Waals surface area contributed by atoms with Crippen LogP contribution in [0.2, 0.25) is 0 Å². The molecule has 2 heterocycles. The highest BCUT2D eigenvalue weighted by atomic mass is 16.1. The molecule has 1 aromatic carbocycles. The number of para-hydroxylation sites is 1. The first-order chi connectivity index (χ1) is 14.1. The van der Waals surface area contributed by atoms with E-state index in [0.717, 1.165) is 24.4 Å². The molecule has 2 aromatic rings. The van der Waals surface area contributed by atoms with Crippen LogP contribution in [0.3, 0.4) is 0 Å². The van der Waals surface area contributed by atoms with E-state index in [-0.39, 0.29) is 11.9 Å². The second-order valence-corrected chi connectivity index (χ2v) is 8.87. The molecule has 0 unspecified atom stereocenters. The van der Waals surface area contributed by atoms with Gasteiger partial charge in [-0.05, 0) is 62.9 Å². The van der Waals surface area contributed by atoms with Gasteiger partial charge in [-0.1, -0.05) is 26.0 Å². The van der Waals surface area contributed by atoms with Crippen LogP contribution in [0.1, 0.15) is 49.9 Å². The molecule has 0 bridgehead atoms. The second-order valence-electron chi connectivity index (χ2n) is 8.87. The Labute approximate surface area is 173 Å². The van der Waals surface area contributed by atoms with Crippen LogP contribution in [0.25, 0.3) is 5.69 Å². The van der Waals surface area contributed by atoms with Crippen molar-refractivity contribution in [2.45, 2.75) is 57.7 Å². The molecule has 6 nitrogen and oxygen atoms in total. The highest BCUT2D eigenvalue weighted by molar-refractivity contribution is 5.98. The fraction of sp³-hybridized carbons (Fsp3) is 0.565. The number of rotatable bonds is 7. The number of benzene rings is 1. The molecule has 1 amide bonds. The number of aromatic nitrogens is 2. The van der Waals surface area contributed by atoms with Crippen LogP contribution >= 0.6 is 0 Å². The molecular weight excluding hydrogens is 362 g/mol. The average Bonchev–Trinajstić information content (AvgIpc) is 3.25. The number of nitrogens with one attached hydrogen (secondary N) is 2. The number of nitrogens with zero attached hydrogens (tertiary/aromatic N) is 3. The van der Waals surface area contributed by atoms with Crippen molar-refractivity contribution in [3.8, 4) is 5.69 Å². The molecule has 4 rings (SSSR count). The zero-order valence-corrected chi connectivity index (χ0v) is 17.6. The summed E-state index contributed by atoms with van der Waals surface area (Å²) in [7, 11) is 0. The Bertz CT molecular complexity index is 795. The zero-order valence-electron chi connectivity index (χ0n) is 17.6. The number of likely N-dealkylation sites (tertiary alicyclic amines) is 1. The summed E-state index contributed by atoms with van der Waals surface area (Å²) in [5.74, 6) is 0.717. The number of carbonyl (C=O) groups excluding carboxylic acids is 1. The third-order valence-electron chi connectivity index (χ3n) is 6.15. The first kappa shape index (κ1) is 20.1. The predicted molar refractivity (Wildman–Crippen MR) is 115 cm³/mol. The molecule has 0 radical (unpaired) electrons. The second kappa shape index (κ2) is 9.09. The van der Waals surface area contributed by atoms with E-state index in [4.69, 9.17) is 0 Å². The Balaban J connectivity index is 1.31. The van der Waals surface area contributed by atoms with Gasteiger partial charge in [-0.15, -0.1) is 0 Å². The number of hydrogen-bond donors (Lipinski definition) is 2. The largest absolute Gasteiger partial charge is 0.348 e. The van der Waals surface area contributed by atoms with E-state index in [1.54, 1.807) is 10.9 Å². The monoisotopic (exact) mass is 395 g/mol. The smallest absolute Gasteiger partial charge is 0.253 e. The summed E-state index contributed by atoms with van der Waals surface area (Å²) in [6.07, 6.45) is 8.17. The lowest BCUT2D eigenvalue weighted by molar-refractivity contribution is 0.0877. The summed E-state index contributed by atoms with van der Waals surface area (Å²) in [5, 5.41) is 11.4. The van der Waals surface area contributed by atoms with E-state index in [2.05, 4.69) is 34.5 Å². The summed E-state index contributed by atoms with van der Waals surface area (Å²) >= 11 is 0. The summed E-state index contributed by atoms with van der Waals surface area (Å²) in [4.78, 5) is 15.5. The third kappa shape index (κ3) is 4.87. The van der Waals surface area contributed by atoms with Crippen LogP contribution in [-0.4, -0.2) is 58.3 Å². The lowest BCUT2D eigenvalue weighted by atomic mass is 9.84. The van der Waals surface area contributed by atoms with Crippen molar-refractivity contribution in [1.82, 2.24) is 25.3 Å². The summed E-state index contributed by atoms with van der Waals surface area (Å²) in [5.41, 5.74) is 1.49. The fourth-order valence-electron chi connectivity index (χ4n) is 4.50. The molecule has 29 heavy (non-hydrogen) atoms. The van der Waals surface area contributed by atoms with E-state index in [0.29, 0.717) is 17.6 Å². The first-order valence-corrected chi connectivity index (χ1v) is 11.0. The number of amides is 1. The van der Waals surface area contributed by atoms with Crippen LogP contribution in [-0.2, 0) is 0 Å². The van der Waals surface area contributed by atoms with Gasteiger partial charge in [0.15, 0.2) is 0 Å². The Morgan fingerprint density at radius 3 is 2.52 bits per heavy atom. The van der Waals surface area contributed by atoms with Crippen molar-refractivity contribution < 1.29 is 4.79 Å². The molecule has 1 aliphatic heterocycles. The Morgan fingerprint density at radius 1 is 1.10 bits per heavy atom. The van der Waals surface area contributed by atoms with Crippen molar-refractivity contribution >= 4 is 5.91 Å². The Morgan fingerprint density at radius 2 is 1.86 bits per heavy atom. The third-order valence-corrected chi connectivity index (χ3v) is 6.15. The van der Waals surface area contributed by atoms with Crippen LogP contribution in [0.4, 0.5) is 0 Å². The van der Waals surface area contributed by atoms with Gasteiger partial charge in [0, 0.05) is 37.1 Å². The van der Waals surface area contributed by atoms with Gasteiger partial charge in [0.05, 0.1) is 11.3 Å². The number of piperidine rings is 1. The van der Waals surface area contributed by atoms with Gasteiger partial charge in [-0.3, -0.25) is 4.79 Å². The number of carbonyl (C=O) groups is 1. The number of hydrogen-bond acceptors (Lipinski definition) is 4. The molecule has 1 aliphatic carbocycles. The van der Waals surface area contributed by atoms with Crippen LogP contribution in [0.15, 0.2) is 42.7 Å². The Kier molecular flexibility index (Phi) is 6.31. The van der Waals surface area contributed by atoms with Gasteiger partial charge >= 0.3 is 0 Å². The summed E-state index contributed by atoms with van der Waals surface area (Å²) in [6, 6.07) is 10.7. The van der Waals surface area contributed by atoms with Crippen molar-refractivity contribution in [1.29, 1.82) is 0 Å². The molecule has 1 aromatic heterocycles. The molecular formula is C23H33N5O. The summed E-state index contributed by atoms with van der Waals surface area (Å²) < 4.78 is 1.75. The fourth-order valence-corrected chi connectivity index (χ4v) is 4.50. The van der Waals surface area contributed by atoms with Crippen molar-refractivity contribution in [3.05, 3.63) is 48.3 Å². The van der Waals surface area contributed by atoms with E-state index in [9.17, 15) is 4.79 Å². The minimum absolute atomic E-state index is 0.0145. The van der Waals surface area contributed by atoms with Crippen molar-refractivity contribution in [3.63, 3.8) is 0 Å². The molecule has 1 saturated heterocycles. The lowest BCUT2D eigenvalue weighted by Crippen LogP contribution is -2.60. The molecule has 2 aliphatic rings. The van der Waals surface area contributed by atoms with Crippen LogP contribution in [0, 0.1) is 5.92 Å². The quantitative estimate of drug-likeness (QED) is 0.757. The molecule has 1 saturated carbocycles. The maximum atomic E-state index is 13.0. The minimum Gasteiger partial charge on any atom is -0.348 e. The van der Waals surface area contributed by atoms with Gasteiger partial charge in [-0.2, -0.15) is 5.10 Å². The topological polar surface area (TPSA) is 62.2 Å². The molecule has 2 atom stereocenters.